The molecule has 0 bridgehead atoms. The van der Waals surface area contributed by atoms with E-state index < -0.39 is 14.8 Å². The minimum Gasteiger partial charge on any atom is -0.357 e. The van der Waals surface area contributed by atoms with Crippen LogP contribution in [0.4, 0.5) is 0 Å². The highest BCUT2D eigenvalue weighted by atomic mass is 27.2. The highest BCUT2D eigenvalue weighted by Gasteiger charge is 2.37. The zero-order chi connectivity index (χ0) is 16.1. The Kier molecular flexibility index (Phi) is 17.3. The molecule has 0 aromatic carbocycles. The molecule has 0 saturated heterocycles. The number of nitrogens with zero attached hydrogens (tertiary/aromatic N) is 3. The normalized spacial score (nSPS) is 10.8. The molecule has 0 unspecified atom stereocenters. The third-order valence-electron chi connectivity index (χ3n) is 3.42. The van der Waals surface area contributed by atoms with Gasteiger partial charge in [0.2, 0.25) is 0 Å². The second-order valence-corrected chi connectivity index (χ2v) is 12.1. The molecule has 0 aromatic heterocycles. The molecule has 0 rings (SSSR count). The Labute approximate surface area is 138 Å². The minimum absolute atomic E-state index is 0.139. The van der Waals surface area contributed by atoms with Crippen molar-refractivity contribution in [1.29, 1.82) is 0 Å². The molecule has 0 aromatic rings. The van der Waals surface area contributed by atoms with Gasteiger partial charge in [0.15, 0.2) is 0 Å². The molecule has 0 aliphatic heterocycles. The Morgan fingerprint density at radius 2 is 0.650 bits per heavy atom. The van der Waals surface area contributed by atoms with Crippen LogP contribution < -0.4 is 0 Å². The Hall–Kier alpha value is 0.945. The summed E-state index contributed by atoms with van der Waals surface area (Å²) >= 11 is -1.22. The quantitative estimate of drug-likeness (QED) is 0.604. The lowest BCUT2D eigenvalue weighted by Crippen LogP contribution is -2.62. The molecule has 0 radical (unpaired) electrons. The lowest BCUT2D eigenvalue weighted by atomic mass is 10.6. The molecule has 0 aliphatic rings. The average Bonchev–Trinajstić information content (AvgIpc) is 2.41. The van der Waals surface area contributed by atoms with Crippen molar-refractivity contribution in [1.82, 2.24) is 11.7 Å². The first-order valence-electron chi connectivity index (χ1n) is 8.65. The second kappa shape index (κ2) is 14.9. The van der Waals surface area contributed by atoms with Crippen LogP contribution in [0.25, 0.3) is 0 Å². The molecule has 0 fully saturated rings. The van der Waals surface area contributed by atoms with E-state index in [1.54, 1.807) is 0 Å². The van der Waals surface area contributed by atoms with Crippen molar-refractivity contribution in [2.24, 2.45) is 0 Å². The molecule has 0 heterocycles. The van der Waals surface area contributed by atoms with E-state index in [-0.39, 0.29) is 14.1 Å². The SMILES string of the molecule is CC[N](CC)[Al]([N](CC)CC)[N](CC)CC.[CH3][Al]([CH3])[CH3]. The van der Waals surface area contributed by atoms with Crippen molar-refractivity contribution >= 4 is 29.0 Å². The van der Waals surface area contributed by atoms with Gasteiger partial charge >= 0.3 is 14.8 Å². The van der Waals surface area contributed by atoms with Crippen LogP contribution in [0.1, 0.15) is 41.5 Å². The van der Waals surface area contributed by atoms with Crippen LogP contribution >= 0.6 is 0 Å². The van der Waals surface area contributed by atoms with Gasteiger partial charge in [-0.25, -0.2) is 0 Å². The first-order chi connectivity index (χ1) is 9.42. The van der Waals surface area contributed by atoms with Gasteiger partial charge in [-0.3, -0.25) is 0 Å². The Bertz CT molecular complexity index is 160. The van der Waals surface area contributed by atoms with Crippen LogP contribution in [-0.2, 0) is 0 Å². The summed E-state index contributed by atoms with van der Waals surface area (Å²) in [7, 11) is 0. The Morgan fingerprint density at radius 3 is 0.750 bits per heavy atom. The largest absolute Gasteiger partial charge is 0.609 e. The Morgan fingerprint density at radius 1 is 0.500 bits per heavy atom. The second-order valence-electron chi connectivity index (χ2n) is 5.74. The molecule has 5 heteroatoms. The maximum Gasteiger partial charge on any atom is 0.609 e. The number of rotatable bonds is 9. The van der Waals surface area contributed by atoms with Crippen molar-refractivity contribution < 1.29 is 0 Å². The van der Waals surface area contributed by atoms with Gasteiger partial charge in [0.1, 0.15) is 0 Å². The standard InChI is InChI=1S/3C4H10N.3CH3.2Al/c3*1-3-5-4-2;;;;;/h3*3-4H2,1-2H3;3*1H3;;/q3*-1;;;;;+3. The lowest BCUT2D eigenvalue weighted by molar-refractivity contribution is 0.294. The predicted molar refractivity (Wildman–Crippen MR) is 97.9 cm³/mol. The fourth-order valence-electron chi connectivity index (χ4n) is 2.34. The lowest BCUT2D eigenvalue weighted by Gasteiger charge is -2.39. The first kappa shape index (κ1) is 23.2. The summed E-state index contributed by atoms with van der Waals surface area (Å²) in [6, 6.07) is 0. The minimum atomic E-state index is -1.08. The predicted octanol–water partition coefficient (Wildman–Crippen LogP) is 3.37. The van der Waals surface area contributed by atoms with Crippen molar-refractivity contribution in [2.45, 2.75) is 58.9 Å². The van der Waals surface area contributed by atoms with E-state index in [1.165, 1.54) is 39.3 Å². The third-order valence-corrected chi connectivity index (χ3v) is 7.57. The van der Waals surface area contributed by atoms with Gasteiger partial charge in [-0.1, -0.05) is 41.5 Å². The van der Waals surface area contributed by atoms with E-state index in [9.17, 15) is 0 Å². The number of hydrogen-bond donors (Lipinski definition) is 0. The van der Waals surface area contributed by atoms with Gasteiger partial charge in [-0.15, -0.1) is 17.4 Å². The van der Waals surface area contributed by atoms with E-state index in [0.29, 0.717) is 0 Å². The third kappa shape index (κ3) is 9.80. The molecular weight excluding hydrogens is 276 g/mol. The molecule has 120 valence electrons. The van der Waals surface area contributed by atoms with Crippen LogP contribution in [0.15, 0.2) is 0 Å². The van der Waals surface area contributed by atoms with Gasteiger partial charge < -0.3 is 11.7 Å². The van der Waals surface area contributed by atoms with Crippen molar-refractivity contribution in [2.75, 3.05) is 39.3 Å². The van der Waals surface area contributed by atoms with Crippen molar-refractivity contribution in [3.63, 3.8) is 0 Å². The van der Waals surface area contributed by atoms with E-state index in [1.807, 2.05) is 0 Å². The highest BCUT2D eigenvalue weighted by molar-refractivity contribution is 6.54. The summed E-state index contributed by atoms with van der Waals surface area (Å²) in [6.45, 7) is 20.8. The van der Waals surface area contributed by atoms with Crippen LogP contribution in [0.5, 0.6) is 0 Å². The van der Waals surface area contributed by atoms with Crippen LogP contribution in [0, 0.1) is 0 Å². The van der Waals surface area contributed by atoms with Crippen LogP contribution in [0.2, 0.25) is 17.4 Å². The molecule has 0 atom stereocenters. The van der Waals surface area contributed by atoms with Gasteiger partial charge in [-0.05, 0) is 39.3 Å². The first-order valence-corrected chi connectivity index (χ1v) is 13.7. The molecule has 0 saturated carbocycles. The highest BCUT2D eigenvalue weighted by Crippen LogP contribution is 2.07. The molecule has 0 spiro atoms. The summed E-state index contributed by atoms with van der Waals surface area (Å²) < 4.78 is 8.04. The summed E-state index contributed by atoms with van der Waals surface area (Å²) in [6.07, 6.45) is 0. The molecule has 20 heavy (non-hydrogen) atoms. The zero-order valence-electron chi connectivity index (χ0n) is 15.7. The molecule has 3 nitrogen and oxygen atoms in total. The maximum atomic E-state index is 2.68. The summed E-state index contributed by atoms with van der Waals surface area (Å²) in [5, 5.41) is 0. The van der Waals surface area contributed by atoms with E-state index >= 15 is 0 Å². The molecule has 0 amide bonds. The Balaban J connectivity index is 0. The van der Waals surface area contributed by atoms with Crippen LogP contribution in [-0.4, -0.2) is 79.9 Å². The van der Waals surface area contributed by atoms with Crippen molar-refractivity contribution in [3.05, 3.63) is 0 Å². The fraction of sp³-hybridized carbons (Fsp3) is 1.00. The summed E-state index contributed by atoms with van der Waals surface area (Å²) in [5.41, 5.74) is 0. The van der Waals surface area contributed by atoms with E-state index in [2.05, 4.69) is 70.6 Å². The summed E-state index contributed by atoms with van der Waals surface area (Å²) in [4.78, 5) is 0. The van der Waals surface area contributed by atoms with E-state index in [0.717, 1.165) is 0 Å². The van der Waals surface area contributed by atoms with E-state index in [4.69, 9.17) is 0 Å². The average molecular weight is 315 g/mol. The zero-order valence-corrected chi connectivity index (χ0v) is 18.0. The molecular formula is C15H39Al2N3. The molecule has 0 N–H and O–H groups in total. The summed E-state index contributed by atoms with van der Waals surface area (Å²) in [5.74, 6) is 6.92. The molecule has 0 aliphatic carbocycles. The fourth-order valence-corrected chi connectivity index (χ4v) is 5.69. The van der Waals surface area contributed by atoms with Gasteiger partial charge in [0.05, 0.1) is 0 Å². The maximum absolute atomic E-state index is 2.68. The topological polar surface area (TPSA) is 9.72 Å². The van der Waals surface area contributed by atoms with Gasteiger partial charge in [0.25, 0.3) is 14.1 Å². The van der Waals surface area contributed by atoms with Gasteiger partial charge in [0, 0.05) is 0 Å². The number of hydrogen-bond acceptors (Lipinski definition) is 3. The van der Waals surface area contributed by atoms with Crippen LogP contribution in [0.3, 0.4) is 0 Å². The van der Waals surface area contributed by atoms with Crippen molar-refractivity contribution in [3.8, 4) is 0 Å². The van der Waals surface area contributed by atoms with Gasteiger partial charge in [-0.2, -0.15) is 0 Å². The monoisotopic (exact) mass is 315 g/mol. The smallest absolute Gasteiger partial charge is 0.357 e.